The number of quaternary nitrogens is 1. The van der Waals surface area contributed by atoms with Crippen LogP contribution in [0, 0.1) is 0 Å². The molecule has 0 aliphatic carbocycles. The fourth-order valence-electron chi connectivity index (χ4n) is 7.34. The van der Waals surface area contributed by atoms with Crippen LogP contribution in [0.3, 0.4) is 0 Å². The minimum absolute atomic E-state index is 0.0497. The molecule has 0 aromatic rings. The highest BCUT2D eigenvalue weighted by Crippen LogP contribution is 2.43. The molecular weight excluding hydrogens is 924 g/mol. The molecule has 0 saturated carbocycles. The van der Waals surface area contributed by atoms with Crippen molar-refractivity contribution < 1.29 is 32.9 Å². The second kappa shape index (κ2) is 53.2. The number of hydrogen-bond acceptors (Lipinski definition) is 5. The predicted molar refractivity (Wildman–Crippen MR) is 317 cm³/mol. The molecule has 0 heterocycles. The number of nitrogens with zero attached hydrogens (tertiary/aromatic N) is 1. The van der Waals surface area contributed by atoms with E-state index in [1.165, 1.54) is 51.4 Å². The molecule has 0 saturated heterocycles. The van der Waals surface area contributed by atoms with Crippen LogP contribution in [0.25, 0.3) is 0 Å². The molecule has 0 rings (SSSR count). The van der Waals surface area contributed by atoms with E-state index >= 15 is 0 Å². The number of likely N-dealkylation sites (N-methyl/N-ethyl adjacent to an activating group) is 1. The molecule has 0 fully saturated rings. The zero-order valence-electron chi connectivity index (χ0n) is 47.1. The maximum absolute atomic E-state index is 12.9. The summed E-state index contributed by atoms with van der Waals surface area (Å²) in [5.74, 6) is -0.204. The van der Waals surface area contributed by atoms with Gasteiger partial charge < -0.3 is 19.8 Å². The molecule has 3 unspecified atom stereocenters. The van der Waals surface area contributed by atoms with E-state index in [9.17, 15) is 19.4 Å². The zero-order valence-corrected chi connectivity index (χ0v) is 48.0. The quantitative estimate of drug-likeness (QED) is 0.0243. The molecule has 0 aromatic carbocycles. The highest BCUT2D eigenvalue weighted by atomic mass is 31.2. The Morgan fingerprint density at radius 2 is 0.822 bits per heavy atom. The van der Waals surface area contributed by atoms with E-state index in [4.69, 9.17) is 9.05 Å². The zero-order chi connectivity index (χ0) is 53.5. The van der Waals surface area contributed by atoms with Crippen molar-refractivity contribution in [2.24, 2.45) is 0 Å². The fourth-order valence-corrected chi connectivity index (χ4v) is 8.07. The summed E-state index contributed by atoms with van der Waals surface area (Å²) < 4.78 is 23.6. The van der Waals surface area contributed by atoms with E-state index < -0.39 is 20.0 Å². The highest BCUT2D eigenvalue weighted by molar-refractivity contribution is 7.47. The maximum atomic E-state index is 12.9. The van der Waals surface area contributed by atoms with Crippen LogP contribution in [0.2, 0.25) is 0 Å². The van der Waals surface area contributed by atoms with E-state index in [0.29, 0.717) is 17.4 Å². The van der Waals surface area contributed by atoms with Crippen molar-refractivity contribution in [3.8, 4) is 0 Å². The molecule has 8 nitrogen and oxygen atoms in total. The van der Waals surface area contributed by atoms with Gasteiger partial charge in [0.25, 0.3) is 0 Å². The molecule has 0 bridgehead atoms. The van der Waals surface area contributed by atoms with Crippen LogP contribution in [0.5, 0.6) is 0 Å². The lowest BCUT2D eigenvalue weighted by Gasteiger charge is -2.25. The molecule has 414 valence electrons. The summed E-state index contributed by atoms with van der Waals surface area (Å²) in [6.45, 7) is 4.65. The lowest BCUT2D eigenvalue weighted by molar-refractivity contribution is -0.870. The monoisotopic (exact) mass is 1030 g/mol. The number of hydrogen-bond donors (Lipinski definition) is 3. The third-order valence-corrected chi connectivity index (χ3v) is 12.8. The average Bonchev–Trinajstić information content (AvgIpc) is 3.35. The van der Waals surface area contributed by atoms with Gasteiger partial charge >= 0.3 is 7.82 Å². The van der Waals surface area contributed by atoms with E-state index in [-0.39, 0.29) is 19.1 Å². The van der Waals surface area contributed by atoms with Gasteiger partial charge in [0, 0.05) is 6.42 Å². The molecule has 1 amide bonds. The van der Waals surface area contributed by atoms with Gasteiger partial charge in [0.2, 0.25) is 5.91 Å². The van der Waals surface area contributed by atoms with Gasteiger partial charge in [-0.05, 0) is 103 Å². The SMILES string of the molecule is CC/C=C\C/C=C\C/C=C\C/C=C\C/C=C\C/C=C\C/C=C\C/C=C\C/C=C\C/C=C\C/C=C\CCCCCCCC(=O)NC(COP(=O)(O)OCC[N+](C)(C)C)C(O)/C=C/CCCCCCCCCCCC. The Morgan fingerprint density at radius 3 is 1.21 bits per heavy atom. The molecule has 0 spiro atoms. The molecule has 3 atom stereocenters. The van der Waals surface area contributed by atoms with E-state index in [2.05, 4.69) is 153 Å². The molecular formula is C64H108N2O6P+. The van der Waals surface area contributed by atoms with E-state index in [1.807, 2.05) is 27.2 Å². The van der Waals surface area contributed by atoms with Crippen LogP contribution >= 0.6 is 7.82 Å². The van der Waals surface area contributed by atoms with Crippen molar-refractivity contribution in [2.75, 3.05) is 40.9 Å². The predicted octanol–water partition coefficient (Wildman–Crippen LogP) is 17.7. The van der Waals surface area contributed by atoms with Crippen molar-refractivity contribution in [3.63, 3.8) is 0 Å². The number of rotatable bonds is 50. The minimum atomic E-state index is -4.36. The molecule has 3 N–H and O–H groups in total. The molecule has 9 heteroatoms. The van der Waals surface area contributed by atoms with E-state index in [0.717, 1.165) is 128 Å². The van der Waals surface area contributed by atoms with Gasteiger partial charge in [-0.1, -0.05) is 237 Å². The first-order valence-corrected chi connectivity index (χ1v) is 30.2. The van der Waals surface area contributed by atoms with Crippen LogP contribution in [0.15, 0.2) is 146 Å². The first-order valence-electron chi connectivity index (χ1n) is 28.7. The third kappa shape index (κ3) is 56.0. The van der Waals surface area contributed by atoms with Gasteiger partial charge in [0.15, 0.2) is 0 Å². The number of aliphatic hydroxyl groups is 1. The summed E-state index contributed by atoms with van der Waals surface area (Å²) in [5.41, 5.74) is 0. The Kier molecular flexibility index (Phi) is 50.6. The van der Waals surface area contributed by atoms with Crippen LogP contribution in [0.4, 0.5) is 0 Å². The maximum Gasteiger partial charge on any atom is 0.472 e. The lowest BCUT2D eigenvalue weighted by Crippen LogP contribution is -2.45. The molecule has 0 aliphatic rings. The van der Waals surface area contributed by atoms with Gasteiger partial charge in [-0.15, -0.1) is 0 Å². The number of phosphoric ester groups is 1. The lowest BCUT2D eigenvalue weighted by atomic mass is 10.1. The standard InChI is InChI=1S/C64H107N2O6P/c1-6-8-10-12-14-16-18-20-21-22-23-24-25-26-27-28-29-30-31-32-33-34-35-36-37-38-39-40-41-42-43-44-45-46-48-50-52-54-56-58-64(68)65-62(61-72-73(69,70)71-60-59-66(3,4)5)63(67)57-55-53-51-49-47-19-17-15-13-11-9-7-2/h8,10,14,16,20-21,23-24,26-27,29-30,32-33,35-36,38-39,41-42,44-45,55,57,62-63,67H,6-7,9,11-13,15,17-19,22,25,28,31,34,37,40,43,46-54,56,58-61H2,1-5H3,(H-,65,68,69,70)/p+1/b10-8-,16-14-,21-20-,24-23-,27-26-,30-29-,33-32-,36-35-,39-38-,42-41-,45-44-,57-55+. The Labute approximate surface area is 449 Å². The summed E-state index contributed by atoms with van der Waals surface area (Å²) in [7, 11) is 1.53. The number of carbonyl (C=O) groups excluding carboxylic acids is 1. The van der Waals surface area contributed by atoms with Crippen LogP contribution in [-0.4, -0.2) is 73.4 Å². The number of carbonyl (C=O) groups is 1. The first-order chi connectivity index (χ1) is 35.5. The number of unbranched alkanes of at least 4 members (excludes halogenated alkanes) is 15. The van der Waals surface area contributed by atoms with Crippen molar-refractivity contribution in [1.82, 2.24) is 5.32 Å². The number of amides is 1. The Hall–Kier alpha value is -3.62. The van der Waals surface area contributed by atoms with Gasteiger partial charge in [-0.2, -0.15) is 0 Å². The van der Waals surface area contributed by atoms with E-state index in [1.54, 1.807) is 6.08 Å². The third-order valence-electron chi connectivity index (χ3n) is 11.8. The molecule has 0 radical (unpaired) electrons. The Balaban J connectivity index is 4.19. The van der Waals surface area contributed by atoms with Crippen LogP contribution < -0.4 is 5.32 Å². The van der Waals surface area contributed by atoms with Gasteiger partial charge in [-0.3, -0.25) is 13.8 Å². The largest absolute Gasteiger partial charge is 0.472 e. The summed E-state index contributed by atoms with van der Waals surface area (Å²) in [6.07, 6.45) is 82.4. The topological polar surface area (TPSA) is 105 Å². The number of aliphatic hydroxyl groups excluding tert-OH is 1. The fraction of sp³-hybridized carbons (Fsp3) is 0.609. The smallest absolute Gasteiger partial charge is 0.387 e. The van der Waals surface area contributed by atoms with Crippen LogP contribution in [-0.2, 0) is 18.4 Å². The highest BCUT2D eigenvalue weighted by Gasteiger charge is 2.27. The summed E-state index contributed by atoms with van der Waals surface area (Å²) >= 11 is 0. The van der Waals surface area contributed by atoms with Gasteiger partial charge in [0.1, 0.15) is 13.2 Å². The molecule has 73 heavy (non-hydrogen) atoms. The molecule has 0 aromatic heterocycles. The first kappa shape index (κ1) is 69.4. The molecule has 0 aliphatic heterocycles. The summed E-state index contributed by atoms with van der Waals surface area (Å²) in [5, 5.41) is 13.8. The Bertz CT molecular complexity index is 1690. The number of allylic oxidation sites excluding steroid dienone is 23. The van der Waals surface area contributed by atoms with Gasteiger partial charge in [-0.25, -0.2) is 4.57 Å². The van der Waals surface area contributed by atoms with Crippen molar-refractivity contribution in [2.45, 2.75) is 212 Å². The van der Waals surface area contributed by atoms with Gasteiger partial charge in [0.05, 0.1) is 39.9 Å². The number of phosphoric acid groups is 1. The second-order valence-electron chi connectivity index (χ2n) is 19.9. The Morgan fingerprint density at radius 1 is 0.479 bits per heavy atom. The normalized spacial score (nSPS) is 15.0. The number of nitrogens with one attached hydrogen (secondary N) is 1. The van der Waals surface area contributed by atoms with Crippen molar-refractivity contribution in [1.29, 1.82) is 0 Å². The average molecular weight is 1030 g/mol. The minimum Gasteiger partial charge on any atom is -0.387 e. The second-order valence-corrected chi connectivity index (χ2v) is 21.4. The van der Waals surface area contributed by atoms with Crippen LogP contribution in [0.1, 0.15) is 200 Å². The van der Waals surface area contributed by atoms with Crippen molar-refractivity contribution in [3.05, 3.63) is 146 Å². The summed E-state index contributed by atoms with van der Waals surface area (Å²) in [6, 6.07) is -0.867. The van der Waals surface area contributed by atoms with Crippen molar-refractivity contribution >= 4 is 13.7 Å². The summed E-state index contributed by atoms with van der Waals surface area (Å²) in [4.78, 5) is 23.2.